The molecule has 0 aromatic carbocycles. The monoisotopic (exact) mass is 143 g/mol. The second kappa shape index (κ2) is 4.85. The van der Waals surface area contributed by atoms with Gasteiger partial charge in [-0.1, -0.05) is 11.6 Å². The Bertz CT molecular complexity index is 137. The molecule has 1 N–H and O–H groups in total. The first-order valence-corrected chi connectivity index (χ1v) is 3.12. The highest BCUT2D eigenvalue weighted by Crippen LogP contribution is 1.85. The van der Waals surface area contributed by atoms with Crippen molar-refractivity contribution in [3.05, 3.63) is 11.6 Å². The van der Waals surface area contributed by atoms with Crippen LogP contribution in [0.2, 0.25) is 0 Å². The molecule has 0 radical (unpaired) electrons. The number of rotatable bonds is 2. The predicted molar refractivity (Wildman–Crippen MR) is 39.8 cm³/mol. The predicted octanol–water partition coefficient (Wildman–Crippen LogP) is 1.31. The van der Waals surface area contributed by atoms with E-state index in [-0.39, 0.29) is 0 Å². The van der Waals surface area contributed by atoms with Gasteiger partial charge in [-0.3, -0.25) is 0 Å². The Morgan fingerprint density at radius 1 is 1.60 bits per heavy atom. The highest BCUT2D eigenvalue weighted by atomic mass is 16.5. The molecule has 0 aromatic heterocycles. The Morgan fingerprint density at radius 2 is 2.20 bits per heavy atom. The fourth-order valence-corrected chi connectivity index (χ4v) is 0.411. The van der Waals surface area contributed by atoms with Crippen LogP contribution in [0, 0.1) is 0 Å². The Labute approximate surface area is 61.1 Å². The van der Waals surface area contributed by atoms with Crippen LogP contribution >= 0.6 is 0 Å². The van der Waals surface area contributed by atoms with E-state index in [1.54, 1.807) is 0 Å². The van der Waals surface area contributed by atoms with Crippen molar-refractivity contribution < 1.29 is 9.53 Å². The third-order valence-electron chi connectivity index (χ3n) is 0.942. The summed E-state index contributed by atoms with van der Waals surface area (Å²) in [4.78, 5) is 10.4. The minimum atomic E-state index is -0.391. The Balaban J connectivity index is 3.37. The number of methoxy groups -OCH3 is 1. The minimum Gasteiger partial charge on any atom is -0.453 e. The van der Waals surface area contributed by atoms with E-state index in [0.717, 1.165) is 0 Å². The van der Waals surface area contributed by atoms with E-state index >= 15 is 0 Å². The molecule has 0 aliphatic rings. The van der Waals surface area contributed by atoms with Crippen LogP contribution in [0.25, 0.3) is 0 Å². The topological polar surface area (TPSA) is 38.3 Å². The molecule has 58 valence electrons. The summed E-state index contributed by atoms with van der Waals surface area (Å²) < 4.78 is 4.35. The molecule has 0 saturated carbocycles. The summed E-state index contributed by atoms with van der Waals surface area (Å²) in [6, 6.07) is 0. The second-order valence-electron chi connectivity index (χ2n) is 2.15. The van der Waals surface area contributed by atoms with E-state index in [2.05, 4.69) is 10.1 Å². The van der Waals surface area contributed by atoms with Crippen LogP contribution in [0.3, 0.4) is 0 Å². The van der Waals surface area contributed by atoms with Gasteiger partial charge in [0.2, 0.25) is 0 Å². The molecule has 0 spiro atoms. The van der Waals surface area contributed by atoms with Gasteiger partial charge in [-0.15, -0.1) is 0 Å². The van der Waals surface area contributed by atoms with Crippen LogP contribution < -0.4 is 5.32 Å². The summed E-state index contributed by atoms with van der Waals surface area (Å²) in [6.45, 7) is 4.48. The number of hydrogen-bond acceptors (Lipinski definition) is 2. The van der Waals surface area contributed by atoms with E-state index in [1.807, 2.05) is 19.9 Å². The first-order valence-electron chi connectivity index (χ1n) is 3.12. The zero-order valence-corrected chi connectivity index (χ0v) is 6.60. The van der Waals surface area contributed by atoms with Gasteiger partial charge in [0.25, 0.3) is 0 Å². The van der Waals surface area contributed by atoms with Crippen molar-refractivity contribution in [2.24, 2.45) is 0 Å². The van der Waals surface area contributed by atoms with Gasteiger partial charge in [0.1, 0.15) is 0 Å². The van der Waals surface area contributed by atoms with Crippen LogP contribution in [0.1, 0.15) is 13.8 Å². The summed E-state index contributed by atoms with van der Waals surface area (Å²) in [7, 11) is 1.35. The van der Waals surface area contributed by atoms with Crippen molar-refractivity contribution in [3.8, 4) is 0 Å². The molecular formula is C7H13NO2. The number of carbonyl (C=O) groups excluding carboxylic acids is 1. The fourth-order valence-electron chi connectivity index (χ4n) is 0.411. The first kappa shape index (κ1) is 9.01. The largest absolute Gasteiger partial charge is 0.453 e. The van der Waals surface area contributed by atoms with Crippen molar-refractivity contribution in [1.82, 2.24) is 5.32 Å². The van der Waals surface area contributed by atoms with E-state index in [9.17, 15) is 4.79 Å². The van der Waals surface area contributed by atoms with E-state index in [4.69, 9.17) is 0 Å². The van der Waals surface area contributed by atoms with Crippen LogP contribution in [0.15, 0.2) is 11.6 Å². The molecule has 3 nitrogen and oxygen atoms in total. The van der Waals surface area contributed by atoms with Crippen LogP contribution in [-0.4, -0.2) is 19.7 Å². The zero-order valence-electron chi connectivity index (χ0n) is 6.60. The van der Waals surface area contributed by atoms with Crippen molar-refractivity contribution in [2.75, 3.05) is 13.7 Å². The second-order valence-corrected chi connectivity index (χ2v) is 2.15. The quantitative estimate of drug-likeness (QED) is 0.592. The molecule has 0 heterocycles. The normalized spacial score (nSPS) is 8.30. The number of allylic oxidation sites excluding steroid dienone is 1. The maximum atomic E-state index is 10.4. The molecule has 10 heavy (non-hydrogen) atoms. The van der Waals surface area contributed by atoms with Gasteiger partial charge >= 0.3 is 6.09 Å². The van der Waals surface area contributed by atoms with E-state index in [0.29, 0.717) is 6.54 Å². The molecular weight excluding hydrogens is 130 g/mol. The summed E-state index contributed by atoms with van der Waals surface area (Å²) in [5.41, 5.74) is 1.18. The molecule has 0 atom stereocenters. The average molecular weight is 143 g/mol. The number of amides is 1. The van der Waals surface area contributed by atoms with Crippen LogP contribution in [0.5, 0.6) is 0 Å². The summed E-state index contributed by atoms with van der Waals surface area (Å²) >= 11 is 0. The first-order chi connectivity index (χ1) is 4.66. The van der Waals surface area contributed by atoms with E-state index < -0.39 is 6.09 Å². The van der Waals surface area contributed by atoms with Gasteiger partial charge < -0.3 is 10.1 Å². The maximum absolute atomic E-state index is 10.4. The number of ether oxygens (including phenoxy) is 1. The Kier molecular flexibility index (Phi) is 4.37. The van der Waals surface area contributed by atoms with E-state index in [1.165, 1.54) is 12.7 Å². The number of hydrogen-bond donors (Lipinski definition) is 1. The SMILES string of the molecule is COC(=O)NCC=C(C)C. The standard InChI is InChI=1S/C7H13NO2/c1-6(2)4-5-8-7(9)10-3/h4H,5H2,1-3H3,(H,8,9). The van der Waals surface area contributed by atoms with Gasteiger partial charge in [0.15, 0.2) is 0 Å². The molecule has 0 aromatic rings. The summed E-state index contributed by atoms with van der Waals surface area (Å²) in [5.74, 6) is 0. The van der Waals surface area contributed by atoms with Gasteiger partial charge in [0.05, 0.1) is 7.11 Å². The lowest BCUT2D eigenvalue weighted by Gasteiger charge is -1.98. The zero-order chi connectivity index (χ0) is 7.98. The van der Waals surface area contributed by atoms with Crippen molar-refractivity contribution in [1.29, 1.82) is 0 Å². The molecule has 0 aliphatic carbocycles. The van der Waals surface area contributed by atoms with Gasteiger partial charge in [-0.05, 0) is 13.8 Å². The maximum Gasteiger partial charge on any atom is 0.407 e. The molecule has 0 aliphatic heterocycles. The molecule has 0 bridgehead atoms. The lowest BCUT2D eigenvalue weighted by molar-refractivity contribution is 0.172. The molecule has 1 amide bonds. The fraction of sp³-hybridized carbons (Fsp3) is 0.571. The smallest absolute Gasteiger partial charge is 0.407 e. The van der Waals surface area contributed by atoms with Gasteiger partial charge in [0, 0.05) is 6.54 Å². The summed E-state index contributed by atoms with van der Waals surface area (Å²) in [6.07, 6.45) is 1.52. The molecule has 0 unspecified atom stereocenters. The van der Waals surface area contributed by atoms with Gasteiger partial charge in [-0.25, -0.2) is 4.79 Å². The van der Waals surface area contributed by atoms with Gasteiger partial charge in [-0.2, -0.15) is 0 Å². The number of nitrogens with one attached hydrogen (secondary N) is 1. The molecule has 0 rings (SSSR count). The third-order valence-corrected chi connectivity index (χ3v) is 0.942. The van der Waals surface area contributed by atoms with Crippen molar-refractivity contribution >= 4 is 6.09 Å². The lowest BCUT2D eigenvalue weighted by Crippen LogP contribution is -2.22. The Hall–Kier alpha value is -0.990. The van der Waals surface area contributed by atoms with Crippen molar-refractivity contribution in [2.45, 2.75) is 13.8 Å². The highest BCUT2D eigenvalue weighted by molar-refractivity contribution is 5.67. The number of carbonyl (C=O) groups is 1. The van der Waals surface area contributed by atoms with Crippen LogP contribution in [0.4, 0.5) is 4.79 Å². The average Bonchev–Trinajstić information content (AvgIpc) is 1.87. The van der Waals surface area contributed by atoms with Crippen LogP contribution in [-0.2, 0) is 4.74 Å². The molecule has 3 heteroatoms. The minimum absolute atomic E-state index is 0.391. The number of alkyl carbamates (subject to hydrolysis) is 1. The molecule has 0 saturated heterocycles. The van der Waals surface area contributed by atoms with Crippen molar-refractivity contribution in [3.63, 3.8) is 0 Å². The molecule has 0 fully saturated rings. The highest BCUT2D eigenvalue weighted by Gasteiger charge is 1.92. The Morgan fingerprint density at radius 3 is 2.60 bits per heavy atom. The third kappa shape index (κ3) is 5.15. The summed E-state index contributed by atoms with van der Waals surface area (Å²) in [5, 5.41) is 2.53. The lowest BCUT2D eigenvalue weighted by atomic mass is 10.3.